The minimum absolute atomic E-state index is 0.107. The van der Waals surface area contributed by atoms with Gasteiger partial charge in [-0.2, -0.15) is 0 Å². The van der Waals surface area contributed by atoms with Gasteiger partial charge in [-0.1, -0.05) is 64.5 Å². The van der Waals surface area contributed by atoms with E-state index in [2.05, 4.69) is 46.3 Å². The van der Waals surface area contributed by atoms with Crippen molar-refractivity contribution >= 4 is 21.7 Å². The topological polar surface area (TPSA) is 26.3 Å². The predicted molar refractivity (Wildman–Crippen MR) is 116 cm³/mol. The molecule has 4 rings (SSSR count). The fraction of sp³-hybridized carbons (Fsp3) is 0.240. The normalized spacial score (nSPS) is 15.9. The molecule has 1 aliphatic rings. The quantitative estimate of drug-likeness (QED) is 0.448. The smallest absolute Gasteiger partial charge is 0.166 e. The Kier molecular flexibility index (Phi) is 5.92. The number of fused-ring (bicyclic) bond motifs is 1. The lowest BCUT2D eigenvalue weighted by Crippen LogP contribution is -2.23. The van der Waals surface area contributed by atoms with Gasteiger partial charge in [0.1, 0.15) is 12.4 Å². The lowest BCUT2D eigenvalue weighted by molar-refractivity contribution is 0.0895. The summed E-state index contributed by atoms with van der Waals surface area (Å²) in [5.41, 5.74) is 4.40. The van der Waals surface area contributed by atoms with E-state index in [1.165, 1.54) is 5.56 Å². The Morgan fingerprint density at radius 3 is 2.57 bits per heavy atom. The zero-order valence-electron chi connectivity index (χ0n) is 15.7. The lowest BCUT2D eigenvalue weighted by Gasteiger charge is -2.24. The molecule has 0 aromatic heterocycles. The van der Waals surface area contributed by atoms with Gasteiger partial charge in [0.15, 0.2) is 5.78 Å². The van der Waals surface area contributed by atoms with E-state index in [9.17, 15) is 4.79 Å². The number of aryl methyl sites for hydroxylation is 2. The summed E-state index contributed by atoms with van der Waals surface area (Å²) in [6.07, 6.45) is 3.67. The van der Waals surface area contributed by atoms with E-state index in [4.69, 9.17) is 4.74 Å². The highest BCUT2D eigenvalue weighted by molar-refractivity contribution is 9.10. The van der Waals surface area contributed by atoms with Gasteiger partial charge >= 0.3 is 0 Å². The monoisotopic (exact) mass is 434 g/mol. The predicted octanol–water partition coefficient (Wildman–Crippen LogP) is 6.41. The van der Waals surface area contributed by atoms with Crippen molar-refractivity contribution in [2.45, 2.75) is 32.3 Å². The fourth-order valence-corrected chi connectivity index (χ4v) is 4.32. The van der Waals surface area contributed by atoms with Crippen LogP contribution < -0.4 is 4.74 Å². The summed E-state index contributed by atoms with van der Waals surface area (Å²) in [6.45, 7) is 0.544. The molecule has 0 N–H and O–H groups in total. The zero-order chi connectivity index (χ0) is 19.3. The first-order valence-electron chi connectivity index (χ1n) is 9.78. The highest BCUT2D eigenvalue weighted by Crippen LogP contribution is 2.32. The van der Waals surface area contributed by atoms with Crippen molar-refractivity contribution in [2.75, 3.05) is 0 Å². The third-order valence-electron chi connectivity index (χ3n) is 5.44. The number of Topliss-reactive ketones (excluding diaryl/α,β-unsaturated/α-hetero) is 1. The SMILES string of the molecule is O=C1c2ccc(OCc3ccccc3)cc2CCC1CCc1ccccc1Br. The highest BCUT2D eigenvalue weighted by Gasteiger charge is 2.27. The second-order valence-corrected chi connectivity index (χ2v) is 8.18. The molecular weight excluding hydrogens is 412 g/mol. The number of ketones is 1. The van der Waals surface area contributed by atoms with Crippen LogP contribution in [0, 0.1) is 5.92 Å². The second kappa shape index (κ2) is 8.74. The van der Waals surface area contributed by atoms with Crippen molar-refractivity contribution in [3.63, 3.8) is 0 Å². The van der Waals surface area contributed by atoms with Crippen molar-refractivity contribution < 1.29 is 9.53 Å². The maximum Gasteiger partial charge on any atom is 0.166 e. The van der Waals surface area contributed by atoms with Crippen LogP contribution in [0.15, 0.2) is 77.3 Å². The van der Waals surface area contributed by atoms with Crippen LogP contribution in [0.2, 0.25) is 0 Å². The molecule has 1 atom stereocenters. The largest absolute Gasteiger partial charge is 0.489 e. The number of benzene rings is 3. The summed E-state index contributed by atoms with van der Waals surface area (Å²) in [7, 11) is 0. The maximum absolute atomic E-state index is 13.0. The average Bonchev–Trinajstić information content (AvgIpc) is 2.73. The summed E-state index contributed by atoms with van der Waals surface area (Å²) in [4.78, 5) is 13.0. The molecule has 3 heteroatoms. The third kappa shape index (κ3) is 4.36. The number of carbonyl (C=O) groups is 1. The first-order valence-corrected chi connectivity index (χ1v) is 10.6. The summed E-state index contributed by atoms with van der Waals surface area (Å²) >= 11 is 3.60. The molecule has 0 aliphatic heterocycles. The van der Waals surface area contributed by atoms with Gasteiger partial charge in [0.25, 0.3) is 0 Å². The Morgan fingerprint density at radius 1 is 0.964 bits per heavy atom. The van der Waals surface area contributed by atoms with Gasteiger partial charge in [-0.3, -0.25) is 4.79 Å². The number of hydrogen-bond acceptors (Lipinski definition) is 2. The Hall–Kier alpha value is -2.39. The van der Waals surface area contributed by atoms with Gasteiger partial charge in [0.05, 0.1) is 0 Å². The zero-order valence-corrected chi connectivity index (χ0v) is 17.3. The number of halogens is 1. The number of rotatable bonds is 6. The van der Waals surface area contributed by atoms with Crippen LogP contribution in [0.25, 0.3) is 0 Å². The molecule has 28 heavy (non-hydrogen) atoms. The van der Waals surface area contributed by atoms with Gasteiger partial charge in [-0.15, -0.1) is 0 Å². The van der Waals surface area contributed by atoms with Crippen molar-refractivity contribution in [2.24, 2.45) is 5.92 Å². The van der Waals surface area contributed by atoms with Crippen LogP contribution in [0.5, 0.6) is 5.75 Å². The maximum atomic E-state index is 13.0. The molecule has 3 aromatic rings. The Bertz CT molecular complexity index is 965. The summed E-state index contributed by atoms with van der Waals surface area (Å²) in [6, 6.07) is 24.3. The first kappa shape index (κ1) is 18.9. The van der Waals surface area contributed by atoms with Crippen LogP contribution in [0.3, 0.4) is 0 Å². The highest BCUT2D eigenvalue weighted by atomic mass is 79.9. The van der Waals surface area contributed by atoms with Crippen molar-refractivity contribution in [3.8, 4) is 5.75 Å². The van der Waals surface area contributed by atoms with Gasteiger partial charge in [0, 0.05) is 16.0 Å². The van der Waals surface area contributed by atoms with Crippen LogP contribution in [0.1, 0.15) is 39.9 Å². The molecule has 142 valence electrons. The average molecular weight is 435 g/mol. The summed E-state index contributed by atoms with van der Waals surface area (Å²) in [5, 5.41) is 0. The number of carbonyl (C=O) groups excluding carboxylic acids is 1. The molecule has 0 heterocycles. The second-order valence-electron chi connectivity index (χ2n) is 7.32. The van der Waals surface area contributed by atoms with E-state index in [1.807, 2.05) is 42.5 Å². The standard InChI is InChI=1S/C25H23BrO2/c26-24-9-5-4-8-19(24)10-11-20-12-13-21-16-22(14-15-23(21)25(20)27)28-17-18-6-2-1-3-7-18/h1-9,14-16,20H,10-13,17H2. The number of hydrogen-bond donors (Lipinski definition) is 0. The molecule has 2 nitrogen and oxygen atoms in total. The van der Waals surface area contributed by atoms with Crippen LogP contribution in [-0.2, 0) is 19.4 Å². The van der Waals surface area contributed by atoms with Crippen molar-refractivity contribution in [1.29, 1.82) is 0 Å². The summed E-state index contributed by atoms with van der Waals surface area (Å²) in [5.74, 6) is 1.22. The van der Waals surface area contributed by atoms with E-state index in [1.54, 1.807) is 0 Å². The molecule has 0 saturated heterocycles. The van der Waals surface area contributed by atoms with E-state index < -0.39 is 0 Å². The lowest BCUT2D eigenvalue weighted by atomic mass is 9.80. The minimum atomic E-state index is 0.107. The molecule has 3 aromatic carbocycles. The molecule has 0 bridgehead atoms. The van der Waals surface area contributed by atoms with E-state index >= 15 is 0 Å². The van der Waals surface area contributed by atoms with E-state index in [-0.39, 0.29) is 11.7 Å². The number of ether oxygens (including phenoxy) is 1. The van der Waals surface area contributed by atoms with Crippen LogP contribution in [0.4, 0.5) is 0 Å². The van der Waals surface area contributed by atoms with Crippen LogP contribution in [-0.4, -0.2) is 5.78 Å². The molecule has 0 spiro atoms. The Morgan fingerprint density at radius 2 is 1.75 bits per heavy atom. The third-order valence-corrected chi connectivity index (χ3v) is 6.22. The van der Waals surface area contributed by atoms with Crippen molar-refractivity contribution in [3.05, 3.63) is 99.5 Å². The molecule has 1 unspecified atom stereocenters. The van der Waals surface area contributed by atoms with E-state index in [0.29, 0.717) is 6.61 Å². The fourth-order valence-electron chi connectivity index (χ4n) is 3.84. The van der Waals surface area contributed by atoms with Gasteiger partial charge < -0.3 is 4.74 Å². The molecule has 0 fully saturated rings. The first-order chi connectivity index (χ1) is 13.7. The Labute approximate surface area is 174 Å². The van der Waals surface area contributed by atoms with Gasteiger partial charge in [0.2, 0.25) is 0 Å². The Balaban J connectivity index is 1.40. The molecule has 0 saturated carbocycles. The van der Waals surface area contributed by atoms with Gasteiger partial charge in [-0.05, 0) is 66.6 Å². The van der Waals surface area contributed by atoms with Crippen molar-refractivity contribution in [1.82, 2.24) is 0 Å². The van der Waals surface area contributed by atoms with Crippen LogP contribution >= 0.6 is 15.9 Å². The molecular formula is C25H23BrO2. The minimum Gasteiger partial charge on any atom is -0.489 e. The van der Waals surface area contributed by atoms with Gasteiger partial charge in [-0.25, -0.2) is 0 Å². The van der Waals surface area contributed by atoms with E-state index in [0.717, 1.165) is 52.6 Å². The molecule has 0 amide bonds. The molecule has 0 radical (unpaired) electrons. The summed E-state index contributed by atoms with van der Waals surface area (Å²) < 4.78 is 7.05. The molecule has 1 aliphatic carbocycles.